The van der Waals surface area contributed by atoms with Crippen LogP contribution in [-0.2, 0) is 0 Å². The summed E-state index contributed by atoms with van der Waals surface area (Å²) in [6, 6.07) is 7.63. The third kappa shape index (κ3) is 2.80. The van der Waals surface area contributed by atoms with Crippen molar-refractivity contribution >= 4 is 17.4 Å². The molecule has 1 aliphatic rings. The van der Waals surface area contributed by atoms with Crippen LogP contribution < -0.4 is 11.0 Å². The van der Waals surface area contributed by atoms with E-state index in [2.05, 4.69) is 15.5 Å². The molecule has 2 N–H and O–H groups in total. The van der Waals surface area contributed by atoms with Crippen molar-refractivity contribution in [3.63, 3.8) is 0 Å². The number of hydrazone groups is 1. The predicted molar refractivity (Wildman–Crippen MR) is 90.7 cm³/mol. The zero-order chi connectivity index (χ0) is 17.3. The van der Waals surface area contributed by atoms with E-state index in [1.165, 1.54) is 4.57 Å². The average molecular weight is 326 g/mol. The number of hydrogen-bond donors (Lipinski definition) is 2. The number of carboxylic acids is 1. The van der Waals surface area contributed by atoms with Crippen molar-refractivity contribution in [2.75, 3.05) is 5.43 Å². The maximum Gasteiger partial charge on any atom is 0.342 e. The molecule has 7 heteroatoms. The van der Waals surface area contributed by atoms with Crippen LogP contribution >= 0.6 is 0 Å². The van der Waals surface area contributed by atoms with Gasteiger partial charge in [-0.1, -0.05) is 18.2 Å². The maximum absolute atomic E-state index is 12.4. The van der Waals surface area contributed by atoms with Gasteiger partial charge in [-0.2, -0.15) is 5.10 Å². The molecule has 7 nitrogen and oxygen atoms in total. The molecule has 1 aromatic carbocycles. The van der Waals surface area contributed by atoms with Crippen LogP contribution in [0, 0.1) is 6.92 Å². The van der Waals surface area contributed by atoms with Crippen molar-refractivity contribution in [2.24, 2.45) is 5.10 Å². The molecule has 2 aromatic rings. The summed E-state index contributed by atoms with van der Waals surface area (Å²) in [5.41, 5.74) is 4.72. The van der Waals surface area contributed by atoms with Gasteiger partial charge in [-0.25, -0.2) is 9.78 Å². The number of aryl methyl sites for hydroxylation is 1. The standard InChI is InChI=1S/C17H18N4O3/c1-10-5-3-4-6-13(10)19-20-14-8-7-11(2)21-15(14)18-9-12(16(21)22)17(23)24/h3-6,9,11,19H,7-8H2,1-2H3,(H,23,24)/b20-14+. The molecule has 0 radical (unpaired) electrons. The number of carbonyl (C=O) groups is 1. The number of nitrogens with one attached hydrogen (secondary N) is 1. The molecular weight excluding hydrogens is 308 g/mol. The lowest BCUT2D eigenvalue weighted by Gasteiger charge is -2.25. The van der Waals surface area contributed by atoms with Crippen molar-refractivity contribution in [2.45, 2.75) is 32.7 Å². The Balaban J connectivity index is 2.02. The first-order chi connectivity index (χ1) is 11.5. The fourth-order valence-electron chi connectivity index (χ4n) is 2.76. The van der Waals surface area contributed by atoms with E-state index in [-0.39, 0.29) is 11.6 Å². The fourth-order valence-corrected chi connectivity index (χ4v) is 2.76. The molecule has 0 saturated heterocycles. The van der Waals surface area contributed by atoms with Crippen LogP contribution in [0.4, 0.5) is 5.69 Å². The fraction of sp³-hybridized carbons (Fsp3) is 0.294. The van der Waals surface area contributed by atoms with Gasteiger partial charge in [0.1, 0.15) is 11.3 Å². The van der Waals surface area contributed by atoms with E-state index in [1.807, 2.05) is 38.1 Å². The van der Waals surface area contributed by atoms with Gasteiger partial charge >= 0.3 is 5.97 Å². The Hall–Kier alpha value is -2.96. The Labute approximate surface area is 138 Å². The molecule has 0 amide bonds. The lowest BCUT2D eigenvalue weighted by atomic mass is 10.0. The first kappa shape index (κ1) is 15.9. The topological polar surface area (TPSA) is 96.6 Å². The van der Waals surface area contributed by atoms with Crippen LogP contribution in [0.5, 0.6) is 0 Å². The van der Waals surface area contributed by atoms with Crippen LogP contribution in [-0.4, -0.2) is 26.3 Å². The minimum Gasteiger partial charge on any atom is -0.477 e. The Morgan fingerprint density at radius 1 is 1.42 bits per heavy atom. The van der Waals surface area contributed by atoms with Gasteiger partial charge in [0.2, 0.25) is 0 Å². The second kappa shape index (κ2) is 6.27. The number of anilines is 1. The summed E-state index contributed by atoms with van der Waals surface area (Å²) in [6.45, 7) is 3.85. The van der Waals surface area contributed by atoms with Crippen molar-refractivity contribution < 1.29 is 9.90 Å². The van der Waals surface area contributed by atoms with E-state index in [9.17, 15) is 9.59 Å². The van der Waals surface area contributed by atoms with Crippen LogP contribution in [0.15, 0.2) is 40.4 Å². The highest BCUT2D eigenvalue weighted by Crippen LogP contribution is 2.22. The quantitative estimate of drug-likeness (QED) is 0.844. The molecule has 1 atom stereocenters. The average Bonchev–Trinajstić information content (AvgIpc) is 2.55. The van der Waals surface area contributed by atoms with Crippen molar-refractivity contribution in [3.8, 4) is 0 Å². The molecule has 24 heavy (non-hydrogen) atoms. The summed E-state index contributed by atoms with van der Waals surface area (Å²) in [5.74, 6) is -0.845. The maximum atomic E-state index is 12.4. The van der Waals surface area contributed by atoms with E-state index >= 15 is 0 Å². The Kier molecular flexibility index (Phi) is 4.16. The third-order valence-corrected chi connectivity index (χ3v) is 4.18. The van der Waals surface area contributed by atoms with Gasteiger partial charge in [0.15, 0.2) is 5.82 Å². The van der Waals surface area contributed by atoms with E-state index < -0.39 is 11.5 Å². The predicted octanol–water partition coefficient (Wildman–Crippen LogP) is 2.42. The van der Waals surface area contributed by atoms with Crippen molar-refractivity contribution in [1.82, 2.24) is 9.55 Å². The van der Waals surface area contributed by atoms with E-state index in [1.54, 1.807) is 0 Å². The highest BCUT2D eigenvalue weighted by atomic mass is 16.4. The number of rotatable bonds is 3. The van der Waals surface area contributed by atoms with E-state index in [0.717, 1.165) is 17.4 Å². The number of hydrogen-bond acceptors (Lipinski definition) is 5. The van der Waals surface area contributed by atoms with Crippen molar-refractivity contribution in [1.29, 1.82) is 0 Å². The molecule has 0 spiro atoms. The molecule has 0 saturated carbocycles. The first-order valence-electron chi connectivity index (χ1n) is 7.72. The van der Waals surface area contributed by atoms with Crippen molar-refractivity contribution in [3.05, 3.63) is 57.8 Å². The Morgan fingerprint density at radius 2 is 2.17 bits per heavy atom. The minimum atomic E-state index is -1.27. The molecular formula is C17H18N4O3. The summed E-state index contributed by atoms with van der Waals surface area (Å²) in [7, 11) is 0. The molecule has 2 heterocycles. The number of benzene rings is 1. The van der Waals surface area contributed by atoms with E-state index in [4.69, 9.17) is 5.11 Å². The number of para-hydroxylation sites is 1. The van der Waals surface area contributed by atoms with Gasteiger partial charge in [-0.3, -0.25) is 14.8 Å². The molecule has 1 aliphatic heterocycles. The second-order valence-corrected chi connectivity index (χ2v) is 5.85. The van der Waals surface area contributed by atoms with E-state index in [0.29, 0.717) is 24.4 Å². The van der Waals surface area contributed by atoms with Gasteiger partial charge in [0, 0.05) is 12.2 Å². The number of carboxylic acid groups (broad SMARTS) is 1. The van der Waals surface area contributed by atoms with Gasteiger partial charge < -0.3 is 5.11 Å². The van der Waals surface area contributed by atoms with Gasteiger partial charge in [0.05, 0.1) is 5.69 Å². The lowest BCUT2D eigenvalue weighted by Crippen LogP contribution is -2.37. The zero-order valence-corrected chi connectivity index (χ0v) is 13.5. The molecule has 0 aliphatic carbocycles. The lowest BCUT2D eigenvalue weighted by molar-refractivity contribution is 0.0693. The molecule has 1 unspecified atom stereocenters. The third-order valence-electron chi connectivity index (χ3n) is 4.18. The Morgan fingerprint density at radius 3 is 2.88 bits per heavy atom. The number of fused-ring (bicyclic) bond motifs is 1. The summed E-state index contributed by atoms with van der Waals surface area (Å²) in [4.78, 5) is 27.7. The normalized spacial score (nSPS) is 18.2. The van der Waals surface area contributed by atoms with Crippen LogP contribution in [0.25, 0.3) is 0 Å². The molecule has 124 valence electrons. The minimum absolute atomic E-state index is 0.114. The van der Waals surface area contributed by atoms with Crippen LogP contribution in [0.3, 0.4) is 0 Å². The van der Waals surface area contributed by atoms with Crippen LogP contribution in [0.2, 0.25) is 0 Å². The monoisotopic (exact) mass is 326 g/mol. The zero-order valence-electron chi connectivity index (χ0n) is 13.5. The highest BCUT2D eigenvalue weighted by Gasteiger charge is 2.26. The first-order valence-corrected chi connectivity index (χ1v) is 7.72. The second-order valence-electron chi connectivity index (χ2n) is 5.85. The van der Waals surface area contributed by atoms with Gasteiger partial charge in [0.25, 0.3) is 5.56 Å². The molecule has 0 bridgehead atoms. The number of nitrogens with zero attached hydrogens (tertiary/aromatic N) is 3. The Bertz CT molecular complexity index is 886. The SMILES string of the molecule is Cc1ccccc1N/N=C1\CCC(C)n2c1ncc(C(=O)O)c2=O. The molecule has 0 fully saturated rings. The smallest absolute Gasteiger partial charge is 0.342 e. The number of aromatic carboxylic acids is 1. The summed E-state index contributed by atoms with van der Waals surface area (Å²) < 4.78 is 1.42. The van der Waals surface area contributed by atoms with Gasteiger partial charge in [-0.15, -0.1) is 0 Å². The summed E-state index contributed by atoms with van der Waals surface area (Å²) in [6.07, 6.45) is 2.47. The molecule has 1 aromatic heterocycles. The molecule has 3 rings (SSSR count). The van der Waals surface area contributed by atoms with Crippen LogP contribution in [0.1, 0.15) is 47.6 Å². The van der Waals surface area contributed by atoms with Gasteiger partial charge in [-0.05, 0) is 38.3 Å². The summed E-state index contributed by atoms with van der Waals surface area (Å²) in [5, 5.41) is 13.5. The summed E-state index contributed by atoms with van der Waals surface area (Å²) >= 11 is 0. The number of aromatic nitrogens is 2. The largest absolute Gasteiger partial charge is 0.477 e. The highest BCUT2D eigenvalue weighted by molar-refractivity contribution is 5.99.